The number of alkyl halides is 3. The summed E-state index contributed by atoms with van der Waals surface area (Å²) < 4.78 is 44.4. The molecule has 2 aliphatic heterocycles. The van der Waals surface area contributed by atoms with E-state index in [0.717, 1.165) is 68.9 Å². The van der Waals surface area contributed by atoms with Crippen molar-refractivity contribution in [2.45, 2.75) is 64.2 Å². The molecule has 1 aromatic carbocycles. The lowest BCUT2D eigenvalue weighted by atomic mass is 9.86. The van der Waals surface area contributed by atoms with Crippen LogP contribution in [0.15, 0.2) is 24.5 Å². The summed E-state index contributed by atoms with van der Waals surface area (Å²) in [5, 5.41) is 12.1. The maximum atomic E-state index is 13.0. The Kier molecular flexibility index (Phi) is 9.79. The topological polar surface area (TPSA) is 90.8 Å². The van der Waals surface area contributed by atoms with Gasteiger partial charge in [-0.2, -0.15) is 13.2 Å². The number of aliphatic hydroxyl groups is 1. The molecule has 1 amide bonds. The molecule has 11 heteroatoms. The van der Waals surface area contributed by atoms with Crippen LogP contribution in [0.5, 0.6) is 5.75 Å². The number of nitrogens with one attached hydrogen (secondary N) is 1. The highest BCUT2D eigenvalue weighted by Crippen LogP contribution is 2.39. The van der Waals surface area contributed by atoms with Crippen molar-refractivity contribution in [1.82, 2.24) is 25.1 Å². The van der Waals surface area contributed by atoms with Crippen molar-refractivity contribution in [3.63, 3.8) is 0 Å². The highest BCUT2D eigenvalue weighted by Gasteiger charge is 2.38. The van der Waals surface area contributed by atoms with E-state index >= 15 is 0 Å². The van der Waals surface area contributed by atoms with Crippen LogP contribution in [0.1, 0.15) is 71.0 Å². The van der Waals surface area contributed by atoms with Gasteiger partial charge < -0.3 is 20.1 Å². The van der Waals surface area contributed by atoms with Gasteiger partial charge in [-0.15, -0.1) is 0 Å². The molecule has 4 rings (SSSR count). The summed E-state index contributed by atoms with van der Waals surface area (Å²) in [6.07, 6.45) is 1.99. The first-order valence-corrected chi connectivity index (χ1v) is 13.7. The number of rotatable bonds is 10. The first-order valence-electron chi connectivity index (χ1n) is 13.7. The summed E-state index contributed by atoms with van der Waals surface area (Å²) in [4.78, 5) is 23.9. The molecule has 2 fully saturated rings. The van der Waals surface area contributed by atoms with Gasteiger partial charge in [-0.3, -0.25) is 9.69 Å². The Hall–Kier alpha value is -2.76. The van der Waals surface area contributed by atoms with Gasteiger partial charge in [0.25, 0.3) is 5.91 Å². The molecule has 8 nitrogen and oxygen atoms in total. The summed E-state index contributed by atoms with van der Waals surface area (Å²) in [6, 6.07) is 4.66. The Balaban J connectivity index is 1.36. The number of fused-ring (bicyclic) bond motifs is 1. The van der Waals surface area contributed by atoms with Crippen LogP contribution in [0.2, 0.25) is 0 Å². The summed E-state index contributed by atoms with van der Waals surface area (Å²) in [7, 11) is 0. The number of carbonyl (C=O) groups excluding carboxylic acids is 1. The van der Waals surface area contributed by atoms with Gasteiger partial charge in [-0.1, -0.05) is 6.07 Å². The largest absolute Gasteiger partial charge is 0.493 e. The molecule has 0 aliphatic carbocycles. The SMILES string of the molecule is Cc1c(OCCCNCCCO)ccc([C@H]2CCCC3CN(C(=O)c4cnc(C(F)(F)F)nc4)CCN32)c1C. The normalized spacial score (nSPS) is 20.1. The number of hydrogen-bond acceptors (Lipinski definition) is 7. The Labute approximate surface area is 227 Å². The first kappa shape index (κ1) is 29.2. The van der Waals surface area contributed by atoms with Gasteiger partial charge in [0.1, 0.15) is 5.75 Å². The second kappa shape index (κ2) is 13.1. The van der Waals surface area contributed by atoms with E-state index in [1.165, 1.54) is 11.1 Å². The lowest BCUT2D eigenvalue weighted by Gasteiger charge is -2.48. The van der Waals surface area contributed by atoms with Crippen LogP contribution in [-0.2, 0) is 6.18 Å². The molecule has 1 aromatic heterocycles. The number of piperidine rings is 1. The maximum absolute atomic E-state index is 13.0. The van der Waals surface area contributed by atoms with Gasteiger partial charge in [0.15, 0.2) is 0 Å². The Bertz CT molecular complexity index is 1110. The van der Waals surface area contributed by atoms with Crippen LogP contribution >= 0.6 is 0 Å². The molecule has 3 heterocycles. The second-order valence-electron chi connectivity index (χ2n) is 10.3. The van der Waals surface area contributed by atoms with Crippen LogP contribution in [0, 0.1) is 13.8 Å². The number of piperazine rings is 1. The molecule has 2 aliphatic rings. The standard InChI is InChI=1S/C28H38F3N5O3/c1-19-20(2)25(39-15-5-11-32-10-4-14-37)9-8-23(19)24-7-3-6-22-18-35(12-13-36(22)24)26(38)21-16-33-27(34-17-21)28(29,30)31/h8-9,16-17,22,24,32,37H,3-7,10-15,18H2,1-2H3/t22?,24-/m1/s1. The molecule has 39 heavy (non-hydrogen) atoms. The summed E-state index contributed by atoms with van der Waals surface area (Å²) in [6.45, 7) is 8.43. The summed E-state index contributed by atoms with van der Waals surface area (Å²) >= 11 is 0. The first-order chi connectivity index (χ1) is 18.7. The molecule has 214 valence electrons. The third kappa shape index (κ3) is 7.06. The minimum absolute atomic E-state index is 0.0757. The van der Waals surface area contributed by atoms with Crippen molar-refractivity contribution in [2.75, 3.05) is 45.9 Å². The number of hydrogen-bond donors (Lipinski definition) is 2. The molecule has 2 aromatic rings. The van der Waals surface area contributed by atoms with Crippen LogP contribution in [0.3, 0.4) is 0 Å². The highest BCUT2D eigenvalue weighted by atomic mass is 19.4. The predicted octanol–water partition coefficient (Wildman–Crippen LogP) is 3.90. The van der Waals surface area contributed by atoms with E-state index < -0.39 is 12.0 Å². The lowest BCUT2D eigenvalue weighted by molar-refractivity contribution is -0.145. The van der Waals surface area contributed by atoms with Gasteiger partial charge in [-0.25, -0.2) is 9.97 Å². The molecule has 2 atom stereocenters. The molecule has 2 N–H and O–H groups in total. The van der Waals surface area contributed by atoms with Crippen molar-refractivity contribution in [2.24, 2.45) is 0 Å². The van der Waals surface area contributed by atoms with Crippen molar-refractivity contribution in [3.05, 3.63) is 52.6 Å². The van der Waals surface area contributed by atoms with E-state index in [4.69, 9.17) is 9.84 Å². The summed E-state index contributed by atoms with van der Waals surface area (Å²) in [5.41, 5.74) is 3.72. The van der Waals surface area contributed by atoms with Crippen molar-refractivity contribution < 1.29 is 27.8 Å². The molecule has 1 unspecified atom stereocenters. The third-order valence-corrected chi connectivity index (χ3v) is 7.79. The zero-order valence-corrected chi connectivity index (χ0v) is 22.6. The fraction of sp³-hybridized carbons (Fsp3) is 0.607. The highest BCUT2D eigenvalue weighted by molar-refractivity contribution is 5.93. The van der Waals surface area contributed by atoms with Gasteiger partial charge in [0.05, 0.1) is 12.2 Å². The van der Waals surface area contributed by atoms with Crippen molar-refractivity contribution in [3.8, 4) is 5.75 Å². The molecule has 0 bridgehead atoms. The molecule has 0 saturated carbocycles. The number of amides is 1. The van der Waals surface area contributed by atoms with Gasteiger partial charge in [-0.05, 0) is 81.8 Å². The Morgan fingerprint density at radius 3 is 2.56 bits per heavy atom. The third-order valence-electron chi connectivity index (χ3n) is 7.79. The Morgan fingerprint density at radius 2 is 1.85 bits per heavy atom. The molecule has 2 saturated heterocycles. The summed E-state index contributed by atoms with van der Waals surface area (Å²) in [5.74, 6) is -0.678. The zero-order valence-electron chi connectivity index (χ0n) is 22.6. The van der Waals surface area contributed by atoms with Crippen LogP contribution in [-0.4, -0.2) is 82.8 Å². The van der Waals surface area contributed by atoms with Gasteiger partial charge in [0.2, 0.25) is 5.82 Å². The number of benzene rings is 1. The fourth-order valence-electron chi connectivity index (χ4n) is 5.58. The van der Waals surface area contributed by atoms with Gasteiger partial charge in [0, 0.05) is 50.7 Å². The van der Waals surface area contributed by atoms with E-state index in [0.29, 0.717) is 26.2 Å². The maximum Gasteiger partial charge on any atom is 0.451 e. The Morgan fingerprint density at radius 1 is 1.10 bits per heavy atom. The number of carbonyl (C=O) groups is 1. The number of aromatic nitrogens is 2. The van der Waals surface area contributed by atoms with Gasteiger partial charge >= 0.3 is 6.18 Å². The molecular formula is C28H38F3N5O3. The molecule has 0 radical (unpaired) electrons. The minimum Gasteiger partial charge on any atom is -0.493 e. The van der Waals surface area contributed by atoms with E-state index in [1.807, 2.05) is 0 Å². The monoisotopic (exact) mass is 549 g/mol. The number of ether oxygens (including phenoxy) is 1. The van der Waals surface area contributed by atoms with E-state index in [-0.39, 0.29) is 30.2 Å². The average Bonchev–Trinajstić information content (AvgIpc) is 2.93. The zero-order chi connectivity index (χ0) is 28.0. The van der Waals surface area contributed by atoms with E-state index in [1.54, 1.807) is 4.90 Å². The fourth-order valence-corrected chi connectivity index (χ4v) is 5.58. The molecular weight excluding hydrogens is 511 g/mol. The van der Waals surface area contributed by atoms with Crippen LogP contribution in [0.25, 0.3) is 0 Å². The van der Waals surface area contributed by atoms with Crippen LogP contribution in [0.4, 0.5) is 13.2 Å². The number of halogens is 3. The quantitative estimate of drug-likeness (QED) is 0.435. The predicted molar refractivity (Wildman–Crippen MR) is 141 cm³/mol. The van der Waals surface area contributed by atoms with E-state index in [2.05, 4.69) is 46.2 Å². The number of nitrogens with zero attached hydrogens (tertiary/aromatic N) is 4. The number of aliphatic hydroxyl groups excluding tert-OH is 1. The molecule has 0 spiro atoms. The smallest absolute Gasteiger partial charge is 0.451 e. The van der Waals surface area contributed by atoms with Crippen LogP contribution < -0.4 is 10.1 Å². The average molecular weight is 550 g/mol. The van der Waals surface area contributed by atoms with E-state index in [9.17, 15) is 18.0 Å². The lowest BCUT2D eigenvalue weighted by Crippen LogP contribution is -2.57. The minimum atomic E-state index is -4.64. The van der Waals surface area contributed by atoms with Crippen molar-refractivity contribution in [1.29, 1.82) is 0 Å². The second-order valence-corrected chi connectivity index (χ2v) is 10.3. The van der Waals surface area contributed by atoms with Crippen molar-refractivity contribution >= 4 is 5.91 Å².